The van der Waals surface area contributed by atoms with Gasteiger partial charge in [-0.1, -0.05) is 0 Å². The fourth-order valence-electron chi connectivity index (χ4n) is 5.35. The molecule has 1 amide bonds. The van der Waals surface area contributed by atoms with Crippen molar-refractivity contribution in [3.8, 4) is 5.75 Å². The lowest BCUT2D eigenvalue weighted by molar-refractivity contribution is 0.0115. The molecule has 1 aromatic carbocycles. The number of carbonyl (C=O) groups is 1. The van der Waals surface area contributed by atoms with Crippen LogP contribution in [0.5, 0.6) is 5.75 Å². The summed E-state index contributed by atoms with van der Waals surface area (Å²) >= 11 is 1.28. The Labute approximate surface area is 230 Å². The summed E-state index contributed by atoms with van der Waals surface area (Å²) in [6.07, 6.45) is 4.09. The zero-order chi connectivity index (χ0) is 26.8. The first-order valence-electron chi connectivity index (χ1n) is 13.1. The van der Waals surface area contributed by atoms with Crippen LogP contribution in [0.25, 0.3) is 11.0 Å². The molecule has 6 rings (SSSR count). The molecule has 2 aliphatic rings. The van der Waals surface area contributed by atoms with E-state index in [-0.39, 0.29) is 0 Å². The predicted octanol–water partition coefficient (Wildman–Crippen LogP) is 3.92. The minimum Gasteiger partial charge on any atom is -0.494 e. The number of piperidine rings is 1. The Morgan fingerprint density at radius 1 is 1.10 bits per heavy atom. The number of methoxy groups -OCH3 is 1. The molecule has 0 radical (unpaired) electrons. The quantitative estimate of drug-likeness (QED) is 0.259. The van der Waals surface area contributed by atoms with E-state index in [0.29, 0.717) is 39.8 Å². The number of rotatable bonds is 8. The van der Waals surface area contributed by atoms with Gasteiger partial charge in [-0.05, 0) is 42.5 Å². The second-order valence-corrected chi connectivity index (χ2v) is 10.6. The average molecular weight is 549 g/mol. The summed E-state index contributed by atoms with van der Waals surface area (Å²) < 4.78 is 11.3. The van der Waals surface area contributed by atoms with Crippen LogP contribution in [0.4, 0.5) is 28.8 Å². The highest BCUT2D eigenvalue weighted by atomic mass is 32.1. The molecule has 39 heavy (non-hydrogen) atoms. The summed E-state index contributed by atoms with van der Waals surface area (Å²) in [4.78, 5) is 29.7. The van der Waals surface area contributed by atoms with Gasteiger partial charge in [-0.15, -0.1) is 11.3 Å². The van der Waals surface area contributed by atoms with E-state index < -0.39 is 5.91 Å². The highest BCUT2D eigenvalue weighted by molar-refractivity contribution is 7.12. The zero-order valence-corrected chi connectivity index (χ0v) is 22.6. The first kappa shape index (κ1) is 25.4. The molecule has 11 nitrogen and oxygen atoms in total. The van der Waals surface area contributed by atoms with Crippen LogP contribution in [-0.4, -0.2) is 78.3 Å². The highest BCUT2D eigenvalue weighted by Gasteiger charge is 2.26. The number of benzene rings is 1. The number of thiophene rings is 1. The monoisotopic (exact) mass is 548 g/mol. The van der Waals surface area contributed by atoms with Crippen LogP contribution in [0.2, 0.25) is 0 Å². The molecule has 0 spiro atoms. The van der Waals surface area contributed by atoms with Crippen molar-refractivity contribution < 1.29 is 14.3 Å². The van der Waals surface area contributed by atoms with Crippen LogP contribution in [0, 0.1) is 0 Å². The third kappa shape index (κ3) is 5.35. The Bertz CT molecular complexity index is 1460. The van der Waals surface area contributed by atoms with E-state index in [0.717, 1.165) is 69.0 Å². The van der Waals surface area contributed by atoms with E-state index >= 15 is 0 Å². The lowest BCUT2D eigenvalue weighted by Crippen LogP contribution is -2.49. The zero-order valence-electron chi connectivity index (χ0n) is 21.8. The molecule has 0 unspecified atom stereocenters. The first-order chi connectivity index (χ1) is 19.1. The van der Waals surface area contributed by atoms with E-state index in [9.17, 15) is 4.79 Å². The van der Waals surface area contributed by atoms with Crippen molar-refractivity contribution in [1.29, 1.82) is 0 Å². The summed E-state index contributed by atoms with van der Waals surface area (Å²) in [6, 6.07) is 10.5. The van der Waals surface area contributed by atoms with Crippen molar-refractivity contribution >= 4 is 57.1 Å². The first-order valence-corrected chi connectivity index (χ1v) is 14.0. The lowest BCUT2D eigenvalue weighted by Gasteiger charge is -2.40. The number of nitrogens with two attached hydrogens (primary N) is 1. The Kier molecular flexibility index (Phi) is 7.22. The number of H-pyrrole nitrogens is 1. The minimum absolute atomic E-state index is 0.390. The van der Waals surface area contributed by atoms with E-state index in [1.54, 1.807) is 13.3 Å². The number of aromatic amines is 1. The van der Waals surface area contributed by atoms with Crippen LogP contribution < -0.4 is 26.0 Å². The number of hydrogen-bond donors (Lipinski definition) is 4. The number of ether oxygens (including phenoxy) is 2. The molecule has 2 fully saturated rings. The van der Waals surface area contributed by atoms with Gasteiger partial charge >= 0.3 is 0 Å². The molecule has 3 aromatic heterocycles. The number of fused-ring (bicyclic) bond motifs is 1. The van der Waals surface area contributed by atoms with Crippen LogP contribution in [0.15, 0.2) is 41.9 Å². The molecule has 0 aliphatic carbocycles. The maximum absolute atomic E-state index is 11.8. The molecular weight excluding hydrogens is 516 g/mol. The smallest absolute Gasteiger partial charge is 0.260 e. The largest absolute Gasteiger partial charge is 0.494 e. The number of carbonyl (C=O) groups excluding carboxylic acids is 1. The summed E-state index contributed by atoms with van der Waals surface area (Å²) in [6.45, 7) is 5.77. The van der Waals surface area contributed by atoms with Gasteiger partial charge in [-0.3, -0.25) is 9.69 Å². The van der Waals surface area contributed by atoms with Crippen molar-refractivity contribution in [3.05, 3.63) is 46.8 Å². The maximum atomic E-state index is 11.8. The van der Waals surface area contributed by atoms with Crippen molar-refractivity contribution in [2.45, 2.75) is 18.9 Å². The van der Waals surface area contributed by atoms with Gasteiger partial charge in [0.25, 0.3) is 5.91 Å². The Hall–Kier alpha value is -3.87. The number of nitrogens with zero attached hydrogens (tertiary/aromatic N) is 4. The number of morpholine rings is 1. The number of anilines is 5. The van der Waals surface area contributed by atoms with Crippen molar-refractivity contribution in [3.63, 3.8) is 0 Å². The topological polar surface area (TPSA) is 134 Å². The molecule has 0 atom stereocenters. The summed E-state index contributed by atoms with van der Waals surface area (Å²) in [7, 11) is 1.67. The van der Waals surface area contributed by atoms with Gasteiger partial charge in [0.05, 0.1) is 37.1 Å². The second kappa shape index (κ2) is 11.1. The van der Waals surface area contributed by atoms with E-state index in [4.69, 9.17) is 20.2 Å². The molecule has 4 aromatic rings. The van der Waals surface area contributed by atoms with Gasteiger partial charge in [0.1, 0.15) is 22.1 Å². The number of aromatic nitrogens is 3. The molecule has 204 valence electrons. The van der Waals surface area contributed by atoms with Gasteiger partial charge in [0.15, 0.2) is 0 Å². The molecule has 5 N–H and O–H groups in total. The van der Waals surface area contributed by atoms with Crippen LogP contribution in [-0.2, 0) is 4.74 Å². The number of hydrogen-bond acceptors (Lipinski definition) is 10. The van der Waals surface area contributed by atoms with Crippen molar-refractivity contribution in [2.75, 3.05) is 62.0 Å². The normalized spacial score (nSPS) is 16.9. The molecule has 2 aliphatic heterocycles. The molecule has 0 saturated carbocycles. The van der Waals surface area contributed by atoms with Gasteiger partial charge in [-0.25, -0.2) is 0 Å². The minimum atomic E-state index is -0.486. The molecule has 12 heteroatoms. The predicted molar refractivity (Wildman–Crippen MR) is 154 cm³/mol. The van der Waals surface area contributed by atoms with Gasteiger partial charge in [-0.2, -0.15) is 9.97 Å². The maximum Gasteiger partial charge on any atom is 0.260 e. The fourth-order valence-corrected chi connectivity index (χ4v) is 6.05. The highest BCUT2D eigenvalue weighted by Crippen LogP contribution is 2.34. The Balaban J connectivity index is 1.19. The van der Waals surface area contributed by atoms with Crippen LogP contribution in [0.1, 0.15) is 22.5 Å². The van der Waals surface area contributed by atoms with E-state index in [2.05, 4.69) is 42.5 Å². The molecule has 2 saturated heterocycles. The van der Waals surface area contributed by atoms with Crippen molar-refractivity contribution in [2.24, 2.45) is 5.73 Å². The van der Waals surface area contributed by atoms with Crippen molar-refractivity contribution in [1.82, 2.24) is 19.9 Å². The summed E-state index contributed by atoms with van der Waals surface area (Å²) in [5, 5.41) is 9.17. The number of primary amides is 1. The molecule has 0 bridgehead atoms. The van der Waals surface area contributed by atoms with Gasteiger partial charge in [0, 0.05) is 50.2 Å². The number of nitrogens with one attached hydrogen (secondary N) is 3. The average Bonchev–Trinajstić information content (AvgIpc) is 3.64. The standard InChI is InChI=1S/C27H32N8O3S/c1-37-22-16-18(34-9-5-17(6-10-34)35-11-13-38-14-12-35)2-3-20(22)31-27-32-25-19(4-8-29-25)26(33-27)30-21-7-15-39-23(21)24(28)36/h2-4,7-8,15-17H,5-6,9-14H2,1H3,(H2,28,36)(H3,29,30,31,32,33). The summed E-state index contributed by atoms with van der Waals surface area (Å²) in [5.74, 6) is 1.17. The second-order valence-electron chi connectivity index (χ2n) is 9.66. The molecule has 5 heterocycles. The Morgan fingerprint density at radius 2 is 1.92 bits per heavy atom. The lowest BCUT2D eigenvalue weighted by atomic mass is 10.0. The third-order valence-corrected chi connectivity index (χ3v) is 8.31. The van der Waals surface area contributed by atoms with E-state index in [1.807, 2.05) is 23.6 Å². The molecular formula is C27H32N8O3S. The number of amides is 1. The van der Waals surface area contributed by atoms with Crippen LogP contribution >= 0.6 is 11.3 Å². The fraction of sp³-hybridized carbons (Fsp3) is 0.370. The van der Waals surface area contributed by atoms with E-state index in [1.165, 1.54) is 11.3 Å². The third-order valence-electron chi connectivity index (χ3n) is 7.38. The summed E-state index contributed by atoms with van der Waals surface area (Å²) in [5.41, 5.74) is 8.70. The van der Waals surface area contributed by atoms with Gasteiger partial charge < -0.3 is 35.7 Å². The van der Waals surface area contributed by atoms with Crippen LogP contribution in [0.3, 0.4) is 0 Å². The van der Waals surface area contributed by atoms with Gasteiger partial charge in [0.2, 0.25) is 5.95 Å². The Morgan fingerprint density at radius 3 is 2.69 bits per heavy atom. The SMILES string of the molecule is COc1cc(N2CCC(N3CCOCC3)CC2)ccc1Nc1nc(Nc2ccsc2C(N)=O)c2cc[nH]c2n1.